The van der Waals surface area contributed by atoms with E-state index in [1.165, 1.54) is 0 Å². The van der Waals surface area contributed by atoms with Gasteiger partial charge in [-0.3, -0.25) is 0 Å². The van der Waals surface area contributed by atoms with E-state index in [9.17, 15) is 8.42 Å². The van der Waals surface area contributed by atoms with Gasteiger partial charge < -0.3 is 5.32 Å². The normalized spacial score (nSPS) is 28.3. The number of piperidine rings is 1. The summed E-state index contributed by atoms with van der Waals surface area (Å²) in [6.07, 6.45) is 2.27. The fourth-order valence-electron chi connectivity index (χ4n) is 2.98. The molecule has 0 unspecified atom stereocenters. The maximum absolute atomic E-state index is 12.6. The number of hydrogen-bond donors (Lipinski definition) is 1. The summed E-state index contributed by atoms with van der Waals surface area (Å²) in [6.45, 7) is 2.25. The van der Waals surface area contributed by atoms with Crippen LogP contribution in [-0.2, 0) is 10.0 Å². The van der Waals surface area contributed by atoms with Crippen LogP contribution in [-0.4, -0.2) is 38.4 Å². The zero-order valence-electron chi connectivity index (χ0n) is 10.5. The molecule has 0 amide bonds. The summed E-state index contributed by atoms with van der Waals surface area (Å²) in [4.78, 5) is 0.375. The predicted molar refractivity (Wildman–Crippen MR) is 77.4 cm³/mol. The minimum absolute atomic E-state index is 0.329. The molecule has 2 heterocycles. The third-order valence-electron chi connectivity index (χ3n) is 4.00. The highest BCUT2D eigenvalue weighted by Crippen LogP contribution is 2.30. The molecule has 2 aliphatic heterocycles. The van der Waals surface area contributed by atoms with Gasteiger partial charge in [-0.2, -0.15) is 4.31 Å². The van der Waals surface area contributed by atoms with E-state index in [-0.39, 0.29) is 0 Å². The van der Waals surface area contributed by atoms with E-state index in [1.54, 1.807) is 22.5 Å². The first-order chi connectivity index (χ1) is 9.07. The third kappa shape index (κ3) is 2.59. The van der Waals surface area contributed by atoms with Crippen LogP contribution >= 0.6 is 15.9 Å². The summed E-state index contributed by atoms with van der Waals surface area (Å²) in [5.41, 5.74) is 0. The lowest BCUT2D eigenvalue weighted by Gasteiger charge is -2.24. The molecule has 4 nitrogen and oxygen atoms in total. The minimum Gasteiger partial charge on any atom is -0.312 e. The second kappa shape index (κ2) is 5.16. The van der Waals surface area contributed by atoms with Crippen LogP contribution in [0.5, 0.6) is 0 Å². The van der Waals surface area contributed by atoms with Gasteiger partial charge in [0, 0.05) is 23.6 Å². The second-order valence-electron chi connectivity index (χ2n) is 5.24. The summed E-state index contributed by atoms with van der Waals surface area (Å²) in [5.74, 6) is 0.468. The van der Waals surface area contributed by atoms with Gasteiger partial charge in [0.15, 0.2) is 0 Å². The molecule has 0 radical (unpaired) electrons. The van der Waals surface area contributed by atoms with Crippen molar-refractivity contribution in [3.8, 4) is 0 Å². The van der Waals surface area contributed by atoms with E-state index < -0.39 is 10.0 Å². The van der Waals surface area contributed by atoms with Crippen molar-refractivity contribution in [1.29, 1.82) is 0 Å². The van der Waals surface area contributed by atoms with E-state index in [0.29, 0.717) is 29.9 Å². The average Bonchev–Trinajstić information content (AvgIpc) is 2.83. The topological polar surface area (TPSA) is 49.4 Å². The Bertz CT molecular complexity index is 562. The molecule has 19 heavy (non-hydrogen) atoms. The molecule has 0 aromatic heterocycles. The first-order valence-electron chi connectivity index (χ1n) is 6.56. The molecule has 2 atom stereocenters. The molecule has 2 fully saturated rings. The first-order valence-corrected chi connectivity index (χ1v) is 8.80. The molecule has 104 valence electrons. The summed E-state index contributed by atoms with van der Waals surface area (Å²) in [6, 6.07) is 7.26. The highest BCUT2D eigenvalue weighted by atomic mass is 79.9. The zero-order chi connectivity index (χ0) is 13.5. The van der Waals surface area contributed by atoms with Crippen LogP contribution in [0.1, 0.15) is 12.8 Å². The summed E-state index contributed by atoms with van der Waals surface area (Å²) in [7, 11) is -3.36. The van der Waals surface area contributed by atoms with Crippen LogP contribution in [0.15, 0.2) is 33.6 Å². The highest BCUT2D eigenvalue weighted by Gasteiger charge is 2.40. The molecule has 3 rings (SSSR count). The Morgan fingerprint density at radius 1 is 1.32 bits per heavy atom. The number of sulfonamides is 1. The Labute approximate surface area is 122 Å². The van der Waals surface area contributed by atoms with Gasteiger partial charge in [0.2, 0.25) is 10.0 Å². The lowest BCUT2D eigenvalue weighted by Crippen LogP contribution is -2.41. The Morgan fingerprint density at radius 2 is 2.16 bits per heavy atom. The average molecular weight is 345 g/mol. The molecular weight excluding hydrogens is 328 g/mol. The number of fused-ring (bicyclic) bond motifs is 1. The predicted octanol–water partition coefficient (Wildman–Crippen LogP) is 1.82. The molecule has 0 saturated carbocycles. The molecule has 0 spiro atoms. The number of nitrogens with one attached hydrogen (secondary N) is 1. The largest absolute Gasteiger partial charge is 0.312 e. The number of rotatable bonds is 2. The molecule has 1 N–H and O–H groups in total. The first kappa shape index (κ1) is 13.5. The SMILES string of the molecule is O=S(=O)(c1cccc(Br)c1)N1C[C@@H]2CCCN[C@@H]2C1. The maximum atomic E-state index is 12.6. The zero-order valence-corrected chi connectivity index (χ0v) is 13.0. The van der Waals surface area contributed by atoms with E-state index in [4.69, 9.17) is 0 Å². The van der Waals surface area contributed by atoms with Crippen molar-refractivity contribution >= 4 is 26.0 Å². The fraction of sp³-hybridized carbons (Fsp3) is 0.538. The molecule has 2 aliphatic rings. The minimum atomic E-state index is -3.36. The Balaban J connectivity index is 1.85. The van der Waals surface area contributed by atoms with Gasteiger partial charge in [0.1, 0.15) is 0 Å². The van der Waals surface area contributed by atoms with Crippen LogP contribution in [0.2, 0.25) is 0 Å². The number of nitrogens with zero attached hydrogens (tertiary/aromatic N) is 1. The molecule has 1 aromatic carbocycles. The van der Waals surface area contributed by atoms with Gasteiger partial charge in [-0.1, -0.05) is 22.0 Å². The number of benzene rings is 1. The van der Waals surface area contributed by atoms with Crippen molar-refractivity contribution < 1.29 is 8.42 Å². The fourth-order valence-corrected chi connectivity index (χ4v) is 5.10. The van der Waals surface area contributed by atoms with Gasteiger partial charge in [-0.25, -0.2) is 8.42 Å². The van der Waals surface area contributed by atoms with Crippen molar-refractivity contribution in [2.24, 2.45) is 5.92 Å². The summed E-state index contributed by atoms with van der Waals surface area (Å²) >= 11 is 3.33. The smallest absolute Gasteiger partial charge is 0.243 e. The van der Waals surface area contributed by atoms with Gasteiger partial charge in [-0.15, -0.1) is 0 Å². The van der Waals surface area contributed by atoms with Crippen molar-refractivity contribution in [1.82, 2.24) is 9.62 Å². The summed E-state index contributed by atoms with van der Waals surface area (Å²) in [5, 5.41) is 3.43. The van der Waals surface area contributed by atoms with E-state index in [1.807, 2.05) is 6.07 Å². The third-order valence-corrected chi connectivity index (χ3v) is 6.32. The number of halogens is 1. The van der Waals surface area contributed by atoms with Crippen molar-refractivity contribution in [3.05, 3.63) is 28.7 Å². The molecule has 2 saturated heterocycles. The van der Waals surface area contributed by atoms with Gasteiger partial charge >= 0.3 is 0 Å². The van der Waals surface area contributed by atoms with Gasteiger partial charge in [0.05, 0.1) is 4.90 Å². The quantitative estimate of drug-likeness (QED) is 0.890. The van der Waals surface area contributed by atoms with E-state index in [0.717, 1.165) is 23.9 Å². The highest BCUT2D eigenvalue weighted by molar-refractivity contribution is 9.10. The van der Waals surface area contributed by atoms with E-state index in [2.05, 4.69) is 21.2 Å². The van der Waals surface area contributed by atoms with Crippen LogP contribution < -0.4 is 5.32 Å². The molecule has 0 aliphatic carbocycles. The standard InChI is InChI=1S/C13H17BrN2O2S/c14-11-4-1-5-12(7-11)19(17,18)16-8-10-3-2-6-15-13(10)9-16/h1,4-5,7,10,13,15H,2-3,6,8-9H2/t10-,13+/m0/s1. The Kier molecular flexibility index (Phi) is 3.68. The second-order valence-corrected chi connectivity index (χ2v) is 8.10. The van der Waals surface area contributed by atoms with Crippen LogP contribution in [0.3, 0.4) is 0 Å². The Morgan fingerprint density at radius 3 is 2.89 bits per heavy atom. The van der Waals surface area contributed by atoms with E-state index >= 15 is 0 Å². The van der Waals surface area contributed by atoms with Crippen molar-refractivity contribution in [2.75, 3.05) is 19.6 Å². The summed E-state index contributed by atoms with van der Waals surface area (Å²) < 4.78 is 27.6. The molecule has 1 aromatic rings. The van der Waals surface area contributed by atoms with Gasteiger partial charge in [-0.05, 0) is 43.5 Å². The van der Waals surface area contributed by atoms with Crippen LogP contribution in [0.4, 0.5) is 0 Å². The lowest BCUT2D eigenvalue weighted by atomic mass is 9.94. The molecule has 6 heteroatoms. The van der Waals surface area contributed by atoms with Crippen molar-refractivity contribution in [3.63, 3.8) is 0 Å². The lowest BCUT2D eigenvalue weighted by molar-refractivity contribution is 0.339. The molecular formula is C13H17BrN2O2S. The monoisotopic (exact) mass is 344 g/mol. The number of hydrogen-bond acceptors (Lipinski definition) is 3. The van der Waals surface area contributed by atoms with Crippen LogP contribution in [0, 0.1) is 5.92 Å². The van der Waals surface area contributed by atoms with Crippen molar-refractivity contribution in [2.45, 2.75) is 23.8 Å². The molecule has 0 bridgehead atoms. The maximum Gasteiger partial charge on any atom is 0.243 e. The van der Waals surface area contributed by atoms with Crippen LogP contribution in [0.25, 0.3) is 0 Å². The Hall–Kier alpha value is -0.430. The van der Waals surface area contributed by atoms with Gasteiger partial charge in [0.25, 0.3) is 0 Å².